The average molecular weight is 323 g/mol. The summed E-state index contributed by atoms with van der Waals surface area (Å²) >= 11 is 0. The number of nitrogens with zero attached hydrogens (tertiary/aromatic N) is 3. The summed E-state index contributed by atoms with van der Waals surface area (Å²) in [6.45, 7) is 5.62. The van der Waals surface area contributed by atoms with E-state index in [0.717, 1.165) is 6.42 Å². The lowest BCUT2D eigenvalue weighted by Crippen LogP contribution is -2.53. The van der Waals surface area contributed by atoms with Crippen molar-refractivity contribution in [3.8, 4) is 6.07 Å². The molecule has 2 fully saturated rings. The molecule has 3 atom stereocenters. The van der Waals surface area contributed by atoms with Gasteiger partial charge < -0.3 is 14.7 Å². The number of hydrogen-bond donors (Lipinski definition) is 1. The molecule has 2 rings (SSSR count). The monoisotopic (exact) mass is 323 g/mol. The van der Waals surface area contributed by atoms with Crippen molar-refractivity contribution in [3.05, 3.63) is 0 Å². The maximum Gasteiger partial charge on any atom is 0.411 e. The molecule has 0 radical (unpaired) electrons. The Bertz CT molecular complexity index is 508. The van der Waals surface area contributed by atoms with E-state index in [1.54, 1.807) is 25.7 Å². The van der Waals surface area contributed by atoms with Gasteiger partial charge in [0.15, 0.2) is 0 Å². The molecule has 7 nitrogen and oxygen atoms in total. The summed E-state index contributed by atoms with van der Waals surface area (Å²) in [4.78, 5) is 28.2. The van der Waals surface area contributed by atoms with Gasteiger partial charge in [0.2, 0.25) is 5.91 Å². The molecule has 2 aliphatic rings. The van der Waals surface area contributed by atoms with Gasteiger partial charge in [-0.25, -0.2) is 4.79 Å². The van der Waals surface area contributed by atoms with Crippen molar-refractivity contribution in [1.29, 1.82) is 5.26 Å². The van der Waals surface area contributed by atoms with E-state index in [2.05, 4.69) is 6.07 Å². The molecule has 2 amide bonds. The number of nitriles is 1. The topological polar surface area (TPSA) is 93.9 Å². The quantitative estimate of drug-likeness (QED) is 0.825. The van der Waals surface area contributed by atoms with Crippen LogP contribution in [0.25, 0.3) is 0 Å². The molecule has 2 aliphatic heterocycles. The van der Waals surface area contributed by atoms with Crippen LogP contribution in [0, 0.1) is 11.3 Å². The Morgan fingerprint density at radius 1 is 1.30 bits per heavy atom. The zero-order chi connectivity index (χ0) is 17.2. The molecule has 2 heterocycles. The van der Waals surface area contributed by atoms with Gasteiger partial charge in [-0.3, -0.25) is 9.69 Å². The smallest absolute Gasteiger partial charge is 0.411 e. The molecule has 0 aromatic carbocycles. The van der Waals surface area contributed by atoms with Gasteiger partial charge in [0.05, 0.1) is 18.7 Å². The lowest BCUT2D eigenvalue weighted by molar-refractivity contribution is -0.136. The second-order valence-electron chi connectivity index (χ2n) is 7.14. The molecular weight excluding hydrogens is 298 g/mol. The van der Waals surface area contributed by atoms with Gasteiger partial charge >= 0.3 is 6.09 Å². The molecule has 128 valence electrons. The van der Waals surface area contributed by atoms with E-state index >= 15 is 0 Å². The Balaban J connectivity index is 2.17. The van der Waals surface area contributed by atoms with Gasteiger partial charge in [-0.2, -0.15) is 5.26 Å². The minimum atomic E-state index is -0.671. The highest BCUT2D eigenvalue weighted by Crippen LogP contribution is 2.29. The standard InChI is InChI=1S/C16H25N3O4/c1-16(2,3)23-15(22)19-12(10-20)6-7-13(19)14(21)18-8-4-5-11(18)9-17/h11-13,20H,4-8,10H2,1-3H3/t11-,12+,13-/m0/s1. The summed E-state index contributed by atoms with van der Waals surface area (Å²) < 4.78 is 5.39. The molecule has 1 N–H and O–H groups in total. The summed E-state index contributed by atoms with van der Waals surface area (Å²) in [5.41, 5.74) is -0.671. The minimum Gasteiger partial charge on any atom is -0.444 e. The molecule has 23 heavy (non-hydrogen) atoms. The molecule has 7 heteroatoms. The van der Waals surface area contributed by atoms with Crippen LogP contribution in [0.15, 0.2) is 0 Å². The molecular formula is C16H25N3O4. The van der Waals surface area contributed by atoms with E-state index in [1.165, 1.54) is 4.90 Å². The van der Waals surface area contributed by atoms with E-state index in [9.17, 15) is 14.7 Å². The normalized spacial score (nSPS) is 27.9. The molecule has 0 aromatic heterocycles. The molecule has 0 saturated carbocycles. The van der Waals surface area contributed by atoms with E-state index in [-0.39, 0.29) is 12.5 Å². The summed E-state index contributed by atoms with van der Waals surface area (Å²) in [7, 11) is 0. The Kier molecular flexibility index (Phi) is 5.15. The third-order valence-corrected chi connectivity index (χ3v) is 4.29. The number of ether oxygens (including phenoxy) is 1. The summed E-state index contributed by atoms with van der Waals surface area (Å²) in [5, 5.41) is 18.7. The van der Waals surface area contributed by atoms with Gasteiger partial charge in [0.25, 0.3) is 0 Å². The van der Waals surface area contributed by atoms with Gasteiger partial charge in [0.1, 0.15) is 17.7 Å². The van der Waals surface area contributed by atoms with Crippen molar-refractivity contribution in [2.75, 3.05) is 13.2 Å². The predicted octanol–water partition coefficient (Wildman–Crippen LogP) is 1.26. The van der Waals surface area contributed by atoms with E-state index in [4.69, 9.17) is 10.00 Å². The Labute approximate surface area is 136 Å². The van der Waals surface area contributed by atoms with Crippen LogP contribution in [0.2, 0.25) is 0 Å². The van der Waals surface area contributed by atoms with Crippen LogP contribution < -0.4 is 0 Å². The van der Waals surface area contributed by atoms with E-state index < -0.39 is 29.8 Å². The minimum absolute atomic E-state index is 0.204. The second kappa shape index (κ2) is 6.75. The molecule has 0 bridgehead atoms. The zero-order valence-electron chi connectivity index (χ0n) is 14.0. The number of likely N-dealkylation sites (tertiary alicyclic amines) is 2. The third kappa shape index (κ3) is 3.75. The number of hydrogen-bond acceptors (Lipinski definition) is 5. The summed E-state index contributed by atoms with van der Waals surface area (Å²) in [6, 6.07) is 0.655. The first kappa shape index (κ1) is 17.5. The van der Waals surface area contributed by atoms with Crippen LogP contribution in [0.5, 0.6) is 0 Å². The molecule has 2 saturated heterocycles. The summed E-state index contributed by atoms with van der Waals surface area (Å²) in [6.07, 6.45) is 1.92. The van der Waals surface area contributed by atoms with Gasteiger partial charge in [-0.15, -0.1) is 0 Å². The number of rotatable bonds is 2. The van der Waals surface area contributed by atoms with Crippen molar-refractivity contribution in [3.63, 3.8) is 0 Å². The Morgan fingerprint density at radius 2 is 2.00 bits per heavy atom. The number of carbonyl (C=O) groups excluding carboxylic acids is 2. The van der Waals surface area contributed by atoms with Crippen LogP contribution in [-0.4, -0.2) is 63.8 Å². The second-order valence-corrected chi connectivity index (χ2v) is 7.14. The molecule has 0 spiro atoms. The van der Waals surface area contributed by atoms with Crippen molar-refractivity contribution in [2.45, 2.75) is 70.2 Å². The largest absolute Gasteiger partial charge is 0.444 e. The average Bonchev–Trinajstić information content (AvgIpc) is 3.10. The molecule has 0 aliphatic carbocycles. The van der Waals surface area contributed by atoms with Crippen LogP contribution in [0.1, 0.15) is 46.5 Å². The Morgan fingerprint density at radius 3 is 2.57 bits per heavy atom. The van der Waals surface area contributed by atoms with Gasteiger partial charge in [-0.05, 0) is 46.5 Å². The first-order chi connectivity index (χ1) is 10.8. The number of aliphatic hydroxyl groups is 1. The molecule has 0 unspecified atom stereocenters. The van der Waals surface area contributed by atoms with Gasteiger partial charge in [-0.1, -0.05) is 0 Å². The first-order valence-electron chi connectivity index (χ1n) is 8.10. The maximum atomic E-state index is 12.8. The zero-order valence-corrected chi connectivity index (χ0v) is 14.0. The van der Waals surface area contributed by atoms with E-state index in [1.807, 2.05) is 0 Å². The maximum absolute atomic E-state index is 12.8. The van der Waals surface area contributed by atoms with Crippen LogP contribution in [0.3, 0.4) is 0 Å². The van der Waals surface area contributed by atoms with E-state index in [0.29, 0.717) is 25.8 Å². The lowest BCUT2D eigenvalue weighted by Gasteiger charge is -2.33. The lowest BCUT2D eigenvalue weighted by atomic mass is 10.1. The van der Waals surface area contributed by atoms with Crippen molar-refractivity contribution < 1.29 is 19.4 Å². The fraction of sp³-hybridized carbons (Fsp3) is 0.812. The fourth-order valence-electron chi connectivity index (χ4n) is 3.25. The Hall–Kier alpha value is -1.81. The SMILES string of the molecule is CC(C)(C)OC(=O)N1[C@@H](CO)CC[C@H]1C(=O)N1CCC[C@H]1C#N. The van der Waals surface area contributed by atoms with Crippen LogP contribution >= 0.6 is 0 Å². The van der Waals surface area contributed by atoms with Crippen LogP contribution in [0.4, 0.5) is 4.79 Å². The first-order valence-corrected chi connectivity index (χ1v) is 8.10. The molecule has 0 aromatic rings. The van der Waals surface area contributed by atoms with Gasteiger partial charge in [0, 0.05) is 6.54 Å². The number of amides is 2. The van der Waals surface area contributed by atoms with Crippen molar-refractivity contribution in [2.24, 2.45) is 0 Å². The summed E-state index contributed by atoms with van der Waals surface area (Å²) in [5.74, 6) is -0.212. The highest BCUT2D eigenvalue weighted by Gasteiger charge is 2.45. The number of carbonyl (C=O) groups is 2. The highest BCUT2D eigenvalue weighted by atomic mass is 16.6. The number of aliphatic hydroxyl groups excluding tert-OH is 1. The highest BCUT2D eigenvalue weighted by molar-refractivity contribution is 5.87. The third-order valence-electron chi connectivity index (χ3n) is 4.29. The fourth-order valence-corrected chi connectivity index (χ4v) is 3.25. The van der Waals surface area contributed by atoms with Crippen LogP contribution in [-0.2, 0) is 9.53 Å². The predicted molar refractivity (Wildman–Crippen MR) is 82.3 cm³/mol. The van der Waals surface area contributed by atoms with Crippen molar-refractivity contribution in [1.82, 2.24) is 9.80 Å². The van der Waals surface area contributed by atoms with Crippen molar-refractivity contribution >= 4 is 12.0 Å².